The molecular weight excluding hydrogens is 220 g/mol. The van der Waals surface area contributed by atoms with Crippen molar-refractivity contribution < 1.29 is 14.6 Å². The van der Waals surface area contributed by atoms with Gasteiger partial charge in [0.25, 0.3) is 0 Å². The monoisotopic (exact) mass is 248 g/mol. The molecule has 0 aliphatic carbocycles. The third-order valence-electron chi connectivity index (χ3n) is 3.41. The van der Waals surface area contributed by atoms with Gasteiger partial charge in [0.1, 0.15) is 0 Å². The van der Waals surface area contributed by atoms with Gasteiger partial charge < -0.3 is 14.6 Å². The average molecular weight is 248 g/mol. The minimum atomic E-state index is -1.60. The smallest absolute Gasteiger partial charge is 0.191 e. The SMILES string of the molecule is CC(C)(C)[Si](C)(C)OCCCCC(O)CO. The van der Waals surface area contributed by atoms with Gasteiger partial charge >= 0.3 is 0 Å². The van der Waals surface area contributed by atoms with Crippen LogP contribution in [-0.4, -0.2) is 37.8 Å². The Balaban J connectivity index is 3.67. The fraction of sp³-hybridized carbons (Fsp3) is 1.00. The van der Waals surface area contributed by atoms with E-state index in [9.17, 15) is 0 Å². The summed E-state index contributed by atoms with van der Waals surface area (Å²) in [6.45, 7) is 11.8. The minimum absolute atomic E-state index is 0.136. The standard InChI is InChI=1S/C12H28O3Si/c1-12(2,3)16(4,5)15-9-7-6-8-11(14)10-13/h11,13-14H,6-10H2,1-5H3. The Hall–Kier alpha value is 0.0969. The van der Waals surface area contributed by atoms with E-state index in [4.69, 9.17) is 14.6 Å². The van der Waals surface area contributed by atoms with Crippen LogP contribution in [-0.2, 0) is 4.43 Å². The van der Waals surface area contributed by atoms with E-state index in [0.717, 1.165) is 19.4 Å². The molecule has 98 valence electrons. The van der Waals surface area contributed by atoms with Crippen LogP contribution >= 0.6 is 0 Å². The number of hydrogen-bond donors (Lipinski definition) is 2. The topological polar surface area (TPSA) is 49.7 Å². The van der Waals surface area contributed by atoms with Gasteiger partial charge in [-0.25, -0.2) is 0 Å². The summed E-state index contributed by atoms with van der Waals surface area (Å²) in [5.74, 6) is 0. The van der Waals surface area contributed by atoms with Gasteiger partial charge in [-0.2, -0.15) is 0 Å². The van der Waals surface area contributed by atoms with E-state index in [2.05, 4.69) is 33.9 Å². The number of hydrogen-bond acceptors (Lipinski definition) is 3. The van der Waals surface area contributed by atoms with Gasteiger partial charge in [0.15, 0.2) is 8.32 Å². The molecule has 0 saturated carbocycles. The number of rotatable bonds is 7. The molecule has 1 unspecified atom stereocenters. The molecule has 16 heavy (non-hydrogen) atoms. The second-order valence-corrected chi connectivity index (χ2v) is 10.8. The molecule has 3 nitrogen and oxygen atoms in total. The Morgan fingerprint density at radius 3 is 2.19 bits per heavy atom. The predicted octanol–water partition coefficient (Wildman–Crippen LogP) is 2.53. The van der Waals surface area contributed by atoms with E-state index in [1.54, 1.807) is 0 Å². The largest absolute Gasteiger partial charge is 0.417 e. The number of unbranched alkanes of at least 4 members (excludes halogenated alkanes) is 1. The second-order valence-electron chi connectivity index (χ2n) is 5.94. The van der Waals surface area contributed by atoms with Crippen LogP contribution in [0.15, 0.2) is 0 Å². The lowest BCUT2D eigenvalue weighted by Gasteiger charge is -2.36. The lowest BCUT2D eigenvalue weighted by molar-refractivity contribution is 0.0849. The van der Waals surface area contributed by atoms with Crippen molar-refractivity contribution in [1.29, 1.82) is 0 Å². The zero-order chi connectivity index (χ0) is 12.8. The molecule has 0 saturated heterocycles. The molecule has 4 heteroatoms. The quantitative estimate of drug-likeness (QED) is 0.538. The second kappa shape index (κ2) is 6.74. The molecule has 0 aromatic heterocycles. The summed E-state index contributed by atoms with van der Waals surface area (Å²) in [5, 5.41) is 18.1. The van der Waals surface area contributed by atoms with Crippen molar-refractivity contribution in [1.82, 2.24) is 0 Å². The molecule has 0 aromatic carbocycles. The van der Waals surface area contributed by atoms with Gasteiger partial charge in [-0.1, -0.05) is 20.8 Å². The van der Waals surface area contributed by atoms with Gasteiger partial charge in [-0.05, 0) is 37.4 Å². The minimum Gasteiger partial charge on any atom is -0.417 e. The fourth-order valence-corrected chi connectivity index (χ4v) is 2.20. The van der Waals surface area contributed by atoms with Crippen LogP contribution < -0.4 is 0 Å². The lowest BCUT2D eigenvalue weighted by Crippen LogP contribution is -2.40. The van der Waals surface area contributed by atoms with E-state index < -0.39 is 14.4 Å². The first-order valence-corrected chi connectivity index (χ1v) is 9.04. The Kier molecular flexibility index (Phi) is 6.78. The summed E-state index contributed by atoms with van der Waals surface area (Å²) >= 11 is 0. The van der Waals surface area contributed by atoms with Gasteiger partial charge in [0.05, 0.1) is 12.7 Å². The first-order chi connectivity index (χ1) is 7.20. The fourth-order valence-electron chi connectivity index (χ4n) is 1.12. The molecule has 0 heterocycles. The molecule has 0 aliphatic heterocycles. The Labute approximate surface area is 101 Å². The van der Waals surface area contributed by atoms with Crippen molar-refractivity contribution in [2.75, 3.05) is 13.2 Å². The van der Waals surface area contributed by atoms with Crippen LogP contribution in [0.5, 0.6) is 0 Å². The predicted molar refractivity (Wildman–Crippen MR) is 70.1 cm³/mol. The van der Waals surface area contributed by atoms with Crippen LogP contribution in [0.1, 0.15) is 40.0 Å². The highest BCUT2D eigenvalue weighted by molar-refractivity contribution is 6.74. The summed E-state index contributed by atoms with van der Waals surface area (Å²) < 4.78 is 6.00. The molecule has 0 aromatic rings. The average Bonchev–Trinajstić information content (AvgIpc) is 2.15. The normalized spacial score (nSPS) is 15.2. The molecule has 0 amide bonds. The number of aliphatic hydroxyl groups is 2. The van der Waals surface area contributed by atoms with E-state index in [1.165, 1.54) is 0 Å². The van der Waals surface area contributed by atoms with Crippen molar-refractivity contribution in [3.63, 3.8) is 0 Å². The molecule has 0 radical (unpaired) electrons. The maximum Gasteiger partial charge on any atom is 0.191 e. The summed E-state index contributed by atoms with van der Waals surface area (Å²) in [6.07, 6.45) is 1.98. The van der Waals surface area contributed by atoms with Crippen LogP contribution in [0.4, 0.5) is 0 Å². The lowest BCUT2D eigenvalue weighted by atomic mass is 10.2. The maximum atomic E-state index is 9.16. The Bertz CT molecular complexity index is 187. The highest BCUT2D eigenvalue weighted by Gasteiger charge is 2.36. The number of aliphatic hydroxyl groups excluding tert-OH is 2. The zero-order valence-electron chi connectivity index (χ0n) is 11.4. The van der Waals surface area contributed by atoms with Gasteiger partial charge in [0.2, 0.25) is 0 Å². The molecule has 0 bridgehead atoms. The van der Waals surface area contributed by atoms with Crippen molar-refractivity contribution in [2.24, 2.45) is 0 Å². The summed E-state index contributed by atoms with van der Waals surface area (Å²) in [5.41, 5.74) is 0. The first kappa shape index (κ1) is 16.1. The Morgan fingerprint density at radius 1 is 1.19 bits per heavy atom. The van der Waals surface area contributed by atoms with Crippen LogP contribution in [0.3, 0.4) is 0 Å². The van der Waals surface area contributed by atoms with Crippen LogP contribution in [0.25, 0.3) is 0 Å². The van der Waals surface area contributed by atoms with Crippen molar-refractivity contribution in [3.8, 4) is 0 Å². The zero-order valence-corrected chi connectivity index (χ0v) is 12.4. The molecule has 1 atom stereocenters. The molecular formula is C12H28O3Si. The highest BCUT2D eigenvalue weighted by atomic mass is 28.4. The first-order valence-electron chi connectivity index (χ1n) is 6.13. The Morgan fingerprint density at radius 2 is 1.75 bits per heavy atom. The van der Waals surface area contributed by atoms with Gasteiger partial charge in [0, 0.05) is 6.61 Å². The summed E-state index contributed by atoms with van der Waals surface area (Å²) in [6, 6.07) is 0. The van der Waals surface area contributed by atoms with Crippen molar-refractivity contribution in [2.45, 2.75) is 64.3 Å². The van der Waals surface area contributed by atoms with Crippen LogP contribution in [0, 0.1) is 0 Å². The molecule has 2 N–H and O–H groups in total. The van der Waals surface area contributed by atoms with E-state index in [0.29, 0.717) is 6.42 Å². The molecule has 0 spiro atoms. The maximum absolute atomic E-state index is 9.16. The molecule has 0 rings (SSSR count). The third-order valence-corrected chi connectivity index (χ3v) is 7.95. The van der Waals surface area contributed by atoms with Crippen molar-refractivity contribution in [3.05, 3.63) is 0 Å². The summed E-state index contributed by atoms with van der Waals surface area (Å²) in [7, 11) is -1.60. The van der Waals surface area contributed by atoms with Crippen LogP contribution in [0.2, 0.25) is 18.1 Å². The van der Waals surface area contributed by atoms with Crippen molar-refractivity contribution >= 4 is 8.32 Å². The van der Waals surface area contributed by atoms with Gasteiger partial charge in [-0.15, -0.1) is 0 Å². The summed E-state index contributed by atoms with van der Waals surface area (Å²) in [4.78, 5) is 0. The molecule has 0 aliphatic rings. The third kappa shape index (κ3) is 5.99. The van der Waals surface area contributed by atoms with E-state index >= 15 is 0 Å². The highest BCUT2D eigenvalue weighted by Crippen LogP contribution is 2.36. The molecule has 0 fully saturated rings. The van der Waals surface area contributed by atoms with E-state index in [1.807, 2.05) is 0 Å². The van der Waals surface area contributed by atoms with Gasteiger partial charge in [-0.3, -0.25) is 0 Å². The van der Waals surface area contributed by atoms with E-state index in [-0.39, 0.29) is 11.6 Å².